The van der Waals surface area contributed by atoms with Crippen molar-refractivity contribution in [3.05, 3.63) is 50.8 Å². The summed E-state index contributed by atoms with van der Waals surface area (Å²) in [7, 11) is 3.99. The van der Waals surface area contributed by atoms with Crippen LogP contribution in [0.5, 0.6) is 0 Å². The molecule has 0 atom stereocenters. The molecule has 0 fully saturated rings. The van der Waals surface area contributed by atoms with E-state index >= 15 is 0 Å². The summed E-state index contributed by atoms with van der Waals surface area (Å²) < 4.78 is 1.93. The number of aliphatic imine (C=N–C) groups is 1. The lowest BCUT2D eigenvalue weighted by atomic mass is 10.1. The van der Waals surface area contributed by atoms with Crippen molar-refractivity contribution in [2.45, 2.75) is 33.7 Å². The fraction of sp³-hybridized carbons (Fsp3) is 0.474. The second-order valence-electron chi connectivity index (χ2n) is 6.36. The standard InChI is InChI=1S/C19H27Cl2N5.HI/c1-6-22-19(23-10-9-16-13(2)24-26(5)14(16)3)25(4)12-15-7-8-17(20)18(21)11-15;/h7-8,11H,6,9-10,12H2,1-5H3,(H,22,23);1H. The molecule has 0 aliphatic heterocycles. The quantitative estimate of drug-likeness (QED) is 0.342. The Hall–Kier alpha value is -0.990. The van der Waals surface area contributed by atoms with Crippen molar-refractivity contribution in [1.29, 1.82) is 0 Å². The highest BCUT2D eigenvalue weighted by molar-refractivity contribution is 14.0. The number of benzene rings is 1. The van der Waals surface area contributed by atoms with Crippen molar-refractivity contribution in [3.63, 3.8) is 0 Å². The van der Waals surface area contributed by atoms with Crippen molar-refractivity contribution in [2.24, 2.45) is 12.0 Å². The third kappa shape index (κ3) is 6.54. The molecule has 0 spiro atoms. The molecule has 5 nitrogen and oxygen atoms in total. The lowest BCUT2D eigenvalue weighted by Crippen LogP contribution is -2.38. The van der Waals surface area contributed by atoms with Crippen LogP contribution in [0, 0.1) is 13.8 Å². The minimum atomic E-state index is 0. The van der Waals surface area contributed by atoms with Crippen LogP contribution in [-0.2, 0) is 20.0 Å². The average molecular weight is 524 g/mol. The van der Waals surface area contributed by atoms with Gasteiger partial charge < -0.3 is 10.2 Å². The van der Waals surface area contributed by atoms with E-state index in [2.05, 4.69) is 29.2 Å². The fourth-order valence-electron chi connectivity index (χ4n) is 2.91. The number of hydrogen-bond acceptors (Lipinski definition) is 2. The van der Waals surface area contributed by atoms with Gasteiger partial charge in [0.05, 0.1) is 15.7 Å². The SMILES string of the molecule is CCNC(=NCCc1c(C)nn(C)c1C)N(C)Cc1ccc(Cl)c(Cl)c1.I. The Kier molecular flexibility index (Phi) is 9.90. The zero-order valence-corrected chi connectivity index (χ0v) is 20.4. The van der Waals surface area contributed by atoms with Gasteiger partial charge in [0.2, 0.25) is 0 Å². The first-order valence-electron chi connectivity index (χ1n) is 8.76. The topological polar surface area (TPSA) is 45.5 Å². The van der Waals surface area contributed by atoms with E-state index in [0.717, 1.165) is 30.2 Å². The minimum absolute atomic E-state index is 0. The van der Waals surface area contributed by atoms with Gasteiger partial charge in [-0.1, -0.05) is 29.3 Å². The van der Waals surface area contributed by atoms with Gasteiger partial charge in [0.25, 0.3) is 0 Å². The Bertz CT molecular complexity index is 789. The maximum absolute atomic E-state index is 6.12. The molecule has 0 saturated carbocycles. The van der Waals surface area contributed by atoms with Crippen LogP contribution in [0.2, 0.25) is 10.0 Å². The molecule has 0 amide bonds. The molecule has 1 aromatic heterocycles. The van der Waals surface area contributed by atoms with Gasteiger partial charge in [0.1, 0.15) is 0 Å². The molecular formula is C19H28Cl2IN5. The van der Waals surface area contributed by atoms with E-state index in [-0.39, 0.29) is 24.0 Å². The summed E-state index contributed by atoms with van der Waals surface area (Å²) in [6.07, 6.45) is 0.876. The molecular weight excluding hydrogens is 496 g/mol. The number of hydrogen-bond donors (Lipinski definition) is 1. The monoisotopic (exact) mass is 523 g/mol. The van der Waals surface area contributed by atoms with Gasteiger partial charge in [-0.2, -0.15) is 5.10 Å². The van der Waals surface area contributed by atoms with E-state index in [1.165, 1.54) is 11.3 Å². The maximum atomic E-state index is 6.12. The molecule has 2 aromatic rings. The first kappa shape index (κ1) is 24.0. The van der Waals surface area contributed by atoms with E-state index in [1.807, 2.05) is 43.9 Å². The molecule has 0 unspecified atom stereocenters. The van der Waals surface area contributed by atoms with Gasteiger partial charge >= 0.3 is 0 Å². The van der Waals surface area contributed by atoms with Crippen molar-refractivity contribution in [2.75, 3.05) is 20.1 Å². The van der Waals surface area contributed by atoms with Gasteiger partial charge in [-0.15, -0.1) is 24.0 Å². The molecule has 150 valence electrons. The third-order valence-electron chi connectivity index (χ3n) is 4.38. The highest BCUT2D eigenvalue weighted by atomic mass is 127. The normalized spacial score (nSPS) is 11.3. The molecule has 1 aromatic carbocycles. The van der Waals surface area contributed by atoms with E-state index in [4.69, 9.17) is 28.2 Å². The van der Waals surface area contributed by atoms with Crippen LogP contribution < -0.4 is 5.32 Å². The predicted molar refractivity (Wildman–Crippen MR) is 126 cm³/mol. The Morgan fingerprint density at radius 3 is 2.52 bits per heavy atom. The summed E-state index contributed by atoms with van der Waals surface area (Å²) in [5.41, 5.74) is 4.65. The van der Waals surface area contributed by atoms with E-state index in [0.29, 0.717) is 23.1 Å². The Morgan fingerprint density at radius 1 is 1.26 bits per heavy atom. The summed E-state index contributed by atoms with van der Waals surface area (Å²) in [5, 5.41) is 8.96. The molecule has 8 heteroatoms. The largest absolute Gasteiger partial charge is 0.357 e. The van der Waals surface area contributed by atoms with Crippen LogP contribution in [0.3, 0.4) is 0 Å². The van der Waals surface area contributed by atoms with Crippen molar-refractivity contribution in [1.82, 2.24) is 20.0 Å². The third-order valence-corrected chi connectivity index (χ3v) is 5.12. The number of rotatable bonds is 6. The highest BCUT2D eigenvalue weighted by Crippen LogP contribution is 2.23. The Labute approximate surface area is 189 Å². The van der Waals surface area contributed by atoms with Gasteiger partial charge in [-0.05, 0) is 50.5 Å². The zero-order valence-electron chi connectivity index (χ0n) is 16.5. The van der Waals surface area contributed by atoms with Crippen LogP contribution in [-0.4, -0.2) is 40.8 Å². The molecule has 2 rings (SSSR count). The average Bonchev–Trinajstić information content (AvgIpc) is 2.83. The molecule has 1 N–H and O–H groups in total. The molecule has 0 aliphatic carbocycles. The van der Waals surface area contributed by atoms with Gasteiger partial charge in [-0.3, -0.25) is 9.67 Å². The molecule has 0 aliphatic rings. The van der Waals surface area contributed by atoms with E-state index < -0.39 is 0 Å². The number of aromatic nitrogens is 2. The van der Waals surface area contributed by atoms with Crippen LogP contribution in [0.1, 0.15) is 29.4 Å². The summed E-state index contributed by atoms with van der Waals surface area (Å²) in [6.45, 7) is 8.44. The number of nitrogens with zero attached hydrogens (tertiary/aromatic N) is 4. The number of nitrogens with one attached hydrogen (secondary N) is 1. The lowest BCUT2D eigenvalue weighted by molar-refractivity contribution is 0.477. The van der Waals surface area contributed by atoms with Crippen molar-refractivity contribution in [3.8, 4) is 0 Å². The first-order valence-corrected chi connectivity index (χ1v) is 9.51. The predicted octanol–water partition coefficient (Wildman–Crippen LogP) is 4.60. The molecule has 0 radical (unpaired) electrons. The number of guanidine groups is 1. The minimum Gasteiger partial charge on any atom is -0.357 e. The Balaban J connectivity index is 0.00000364. The van der Waals surface area contributed by atoms with Crippen LogP contribution in [0.4, 0.5) is 0 Å². The van der Waals surface area contributed by atoms with E-state index in [9.17, 15) is 0 Å². The van der Waals surface area contributed by atoms with Gasteiger partial charge in [0, 0.05) is 39.4 Å². The van der Waals surface area contributed by atoms with Gasteiger partial charge in [-0.25, -0.2) is 0 Å². The molecule has 0 saturated heterocycles. The number of halogens is 3. The Morgan fingerprint density at radius 2 is 1.96 bits per heavy atom. The van der Waals surface area contributed by atoms with Crippen LogP contribution >= 0.6 is 47.2 Å². The second kappa shape index (κ2) is 11.1. The summed E-state index contributed by atoms with van der Waals surface area (Å²) in [6, 6.07) is 5.70. The fourth-order valence-corrected chi connectivity index (χ4v) is 3.23. The van der Waals surface area contributed by atoms with Crippen molar-refractivity contribution < 1.29 is 0 Å². The maximum Gasteiger partial charge on any atom is 0.193 e. The second-order valence-corrected chi connectivity index (χ2v) is 7.18. The number of aryl methyl sites for hydroxylation is 2. The van der Waals surface area contributed by atoms with Crippen LogP contribution in [0.25, 0.3) is 0 Å². The van der Waals surface area contributed by atoms with Crippen molar-refractivity contribution >= 4 is 53.1 Å². The lowest BCUT2D eigenvalue weighted by Gasteiger charge is -2.22. The zero-order chi connectivity index (χ0) is 19.3. The van der Waals surface area contributed by atoms with E-state index in [1.54, 1.807) is 0 Å². The molecule has 1 heterocycles. The highest BCUT2D eigenvalue weighted by Gasteiger charge is 2.11. The smallest absolute Gasteiger partial charge is 0.193 e. The van der Waals surface area contributed by atoms with Gasteiger partial charge in [0.15, 0.2) is 5.96 Å². The molecule has 27 heavy (non-hydrogen) atoms. The molecule has 0 bridgehead atoms. The van der Waals surface area contributed by atoms with Crippen LogP contribution in [0.15, 0.2) is 23.2 Å². The summed E-state index contributed by atoms with van der Waals surface area (Å²) in [4.78, 5) is 6.86. The summed E-state index contributed by atoms with van der Waals surface area (Å²) in [5.74, 6) is 0.873. The summed E-state index contributed by atoms with van der Waals surface area (Å²) >= 11 is 12.1. The first-order chi connectivity index (χ1) is 12.3.